The first-order valence-corrected chi connectivity index (χ1v) is 10.9. The van der Waals surface area contributed by atoms with Crippen molar-refractivity contribution in [2.24, 2.45) is 0 Å². The highest BCUT2D eigenvalue weighted by molar-refractivity contribution is 5.81. The van der Waals surface area contributed by atoms with Crippen molar-refractivity contribution in [3.63, 3.8) is 0 Å². The molecule has 0 aliphatic heterocycles. The molecular weight excluding hydrogens is 440 g/mol. The predicted molar refractivity (Wildman–Crippen MR) is 126 cm³/mol. The molecule has 0 heterocycles. The zero-order chi connectivity index (χ0) is 25.1. The van der Waals surface area contributed by atoms with E-state index in [0.29, 0.717) is 17.9 Å². The van der Waals surface area contributed by atoms with Crippen LogP contribution in [0.25, 0.3) is 0 Å². The summed E-state index contributed by atoms with van der Waals surface area (Å²) in [5.74, 6) is -0.102. The van der Waals surface area contributed by atoms with Gasteiger partial charge < -0.3 is 29.6 Å². The van der Waals surface area contributed by atoms with E-state index in [1.165, 1.54) is 7.11 Å². The Balaban J connectivity index is 2.23. The number of carbonyl (C=O) groups is 3. The molecule has 2 rings (SSSR count). The highest BCUT2D eigenvalue weighted by Crippen LogP contribution is 2.30. The van der Waals surface area contributed by atoms with Crippen LogP contribution in [0.4, 0.5) is 9.59 Å². The lowest BCUT2D eigenvalue weighted by atomic mass is 10.1. The second-order valence-corrected chi connectivity index (χ2v) is 8.40. The molecule has 0 spiro atoms. The van der Waals surface area contributed by atoms with Crippen molar-refractivity contribution in [2.45, 2.75) is 52.4 Å². The van der Waals surface area contributed by atoms with E-state index in [2.05, 4.69) is 10.6 Å². The van der Waals surface area contributed by atoms with Crippen LogP contribution in [-0.4, -0.2) is 43.5 Å². The molecule has 0 saturated carbocycles. The standard InChI is InChI=1S/C25H32N2O7/c1-6-26-23(29)33-21-15-18(12-13-20(21)32-16-17-10-8-7-9-11-17)14-19(22(28)31-5)27-24(30)34-25(2,3)4/h7-13,15,19H,6,14,16H2,1-5H3,(H,26,29)(H,27,30)/t19-/m0/s1. The minimum Gasteiger partial charge on any atom is -0.485 e. The van der Waals surface area contributed by atoms with Crippen molar-refractivity contribution >= 4 is 18.2 Å². The first-order valence-electron chi connectivity index (χ1n) is 10.9. The Kier molecular flexibility index (Phi) is 9.73. The van der Waals surface area contributed by atoms with Gasteiger partial charge >= 0.3 is 18.2 Å². The molecule has 0 fully saturated rings. The molecule has 2 N–H and O–H groups in total. The third-order valence-corrected chi connectivity index (χ3v) is 4.39. The Morgan fingerprint density at radius 2 is 1.65 bits per heavy atom. The summed E-state index contributed by atoms with van der Waals surface area (Å²) in [6.45, 7) is 7.60. The van der Waals surface area contributed by atoms with E-state index < -0.39 is 29.8 Å². The van der Waals surface area contributed by atoms with Gasteiger partial charge in [-0.05, 0) is 51.0 Å². The van der Waals surface area contributed by atoms with Gasteiger partial charge in [-0.15, -0.1) is 0 Å². The zero-order valence-corrected chi connectivity index (χ0v) is 20.2. The van der Waals surface area contributed by atoms with E-state index in [4.69, 9.17) is 18.9 Å². The highest BCUT2D eigenvalue weighted by Gasteiger charge is 2.26. The molecule has 2 amide bonds. The van der Waals surface area contributed by atoms with E-state index in [1.54, 1.807) is 45.9 Å². The summed E-state index contributed by atoms with van der Waals surface area (Å²) in [4.78, 5) is 36.5. The first kappa shape index (κ1) is 26.5. The van der Waals surface area contributed by atoms with Gasteiger partial charge in [0.2, 0.25) is 0 Å². The number of hydrogen-bond acceptors (Lipinski definition) is 7. The monoisotopic (exact) mass is 472 g/mol. The van der Waals surface area contributed by atoms with Crippen LogP contribution < -0.4 is 20.1 Å². The van der Waals surface area contributed by atoms with Crippen LogP contribution in [-0.2, 0) is 27.3 Å². The fourth-order valence-electron chi connectivity index (χ4n) is 2.92. The maximum absolute atomic E-state index is 12.3. The van der Waals surface area contributed by atoms with Crippen LogP contribution in [0.3, 0.4) is 0 Å². The minimum absolute atomic E-state index is 0.0800. The van der Waals surface area contributed by atoms with E-state index in [1.807, 2.05) is 30.3 Å². The second kappa shape index (κ2) is 12.5. The molecule has 2 aromatic carbocycles. The molecule has 184 valence electrons. The third-order valence-electron chi connectivity index (χ3n) is 4.39. The fraction of sp³-hybridized carbons (Fsp3) is 0.400. The Bertz CT molecular complexity index is 971. The summed E-state index contributed by atoms with van der Waals surface area (Å²) in [5.41, 5.74) is 0.830. The molecule has 0 unspecified atom stereocenters. The van der Waals surface area contributed by atoms with Gasteiger partial charge in [-0.2, -0.15) is 0 Å². The van der Waals surface area contributed by atoms with Crippen LogP contribution in [0.2, 0.25) is 0 Å². The Labute approximate surface area is 199 Å². The lowest BCUT2D eigenvalue weighted by Crippen LogP contribution is -2.45. The lowest BCUT2D eigenvalue weighted by Gasteiger charge is -2.23. The van der Waals surface area contributed by atoms with Crippen molar-refractivity contribution in [3.05, 3.63) is 59.7 Å². The van der Waals surface area contributed by atoms with Gasteiger partial charge in [-0.3, -0.25) is 0 Å². The fourth-order valence-corrected chi connectivity index (χ4v) is 2.92. The number of amides is 2. The van der Waals surface area contributed by atoms with E-state index >= 15 is 0 Å². The summed E-state index contributed by atoms with van der Waals surface area (Å²) < 4.78 is 21.4. The summed E-state index contributed by atoms with van der Waals surface area (Å²) in [5, 5.41) is 5.09. The second-order valence-electron chi connectivity index (χ2n) is 8.40. The van der Waals surface area contributed by atoms with Gasteiger partial charge in [0, 0.05) is 13.0 Å². The van der Waals surface area contributed by atoms with Crippen LogP contribution in [0.15, 0.2) is 48.5 Å². The Hall–Kier alpha value is -3.75. The Morgan fingerprint density at radius 3 is 2.26 bits per heavy atom. The molecule has 34 heavy (non-hydrogen) atoms. The smallest absolute Gasteiger partial charge is 0.412 e. The average molecular weight is 473 g/mol. The average Bonchev–Trinajstić information content (AvgIpc) is 2.77. The largest absolute Gasteiger partial charge is 0.485 e. The molecule has 1 atom stereocenters. The number of ether oxygens (including phenoxy) is 4. The van der Waals surface area contributed by atoms with Gasteiger partial charge in [0.05, 0.1) is 7.11 Å². The van der Waals surface area contributed by atoms with Gasteiger partial charge in [0.25, 0.3) is 0 Å². The maximum atomic E-state index is 12.3. The summed E-state index contributed by atoms with van der Waals surface area (Å²) in [7, 11) is 1.23. The number of alkyl carbamates (subject to hydrolysis) is 1. The first-order chi connectivity index (χ1) is 16.1. The zero-order valence-electron chi connectivity index (χ0n) is 20.2. The van der Waals surface area contributed by atoms with E-state index in [9.17, 15) is 14.4 Å². The number of nitrogens with one attached hydrogen (secondary N) is 2. The summed E-state index contributed by atoms with van der Waals surface area (Å²) in [6.07, 6.45) is -1.30. The van der Waals surface area contributed by atoms with Gasteiger partial charge in [-0.25, -0.2) is 14.4 Å². The number of benzene rings is 2. The molecule has 0 radical (unpaired) electrons. The normalized spacial score (nSPS) is 11.7. The molecule has 2 aromatic rings. The Morgan fingerprint density at radius 1 is 0.941 bits per heavy atom. The maximum Gasteiger partial charge on any atom is 0.412 e. The topological polar surface area (TPSA) is 112 Å². The SMILES string of the molecule is CCNC(=O)Oc1cc(C[C@H](NC(=O)OC(C)(C)C)C(=O)OC)ccc1OCc1ccccc1. The third kappa shape index (κ3) is 9.01. The number of carbonyl (C=O) groups excluding carboxylic acids is 3. The molecule has 0 saturated heterocycles. The van der Waals surface area contributed by atoms with Crippen LogP contribution in [0.5, 0.6) is 11.5 Å². The molecule has 9 nitrogen and oxygen atoms in total. The van der Waals surface area contributed by atoms with Crippen molar-refractivity contribution in [2.75, 3.05) is 13.7 Å². The number of esters is 1. The van der Waals surface area contributed by atoms with E-state index in [0.717, 1.165) is 5.56 Å². The van der Waals surface area contributed by atoms with Crippen LogP contribution in [0, 0.1) is 0 Å². The van der Waals surface area contributed by atoms with Crippen LogP contribution in [0.1, 0.15) is 38.8 Å². The van der Waals surface area contributed by atoms with Crippen molar-refractivity contribution in [3.8, 4) is 11.5 Å². The number of hydrogen-bond donors (Lipinski definition) is 2. The molecule has 0 aromatic heterocycles. The number of rotatable bonds is 9. The molecule has 0 bridgehead atoms. The molecule has 9 heteroatoms. The van der Waals surface area contributed by atoms with Crippen molar-refractivity contribution in [1.82, 2.24) is 10.6 Å². The summed E-state index contributed by atoms with van der Waals surface area (Å²) >= 11 is 0. The van der Waals surface area contributed by atoms with E-state index in [-0.39, 0.29) is 18.8 Å². The highest BCUT2D eigenvalue weighted by atomic mass is 16.6. The van der Waals surface area contributed by atoms with Crippen molar-refractivity contribution < 1.29 is 33.3 Å². The van der Waals surface area contributed by atoms with Gasteiger partial charge in [-0.1, -0.05) is 36.4 Å². The summed E-state index contributed by atoms with van der Waals surface area (Å²) in [6, 6.07) is 13.5. The van der Waals surface area contributed by atoms with Gasteiger partial charge in [0.1, 0.15) is 18.2 Å². The van der Waals surface area contributed by atoms with Gasteiger partial charge in [0.15, 0.2) is 11.5 Å². The molecule has 0 aliphatic carbocycles. The quantitative estimate of drug-likeness (QED) is 0.531. The van der Waals surface area contributed by atoms with Crippen LogP contribution >= 0.6 is 0 Å². The molecule has 0 aliphatic rings. The number of methoxy groups -OCH3 is 1. The minimum atomic E-state index is -1.01. The molecular formula is C25H32N2O7. The van der Waals surface area contributed by atoms with Crippen molar-refractivity contribution in [1.29, 1.82) is 0 Å². The predicted octanol–water partition coefficient (Wildman–Crippen LogP) is 3.98. The lowest BCUT2D eigenvalue weighted by molar-refractivity contribution is -0.143.